The normalized spacial score (nSPS) is 13.1. The van der Waals surface area contributed by atoms with Gasteiger partial charge in [-0.1, -0.05) is 24.3 Å². The van der Waals surface area contributed by atoms with Crippen LogP contribution < -0.4 is 0 Å². The minimum atomic E-state index is -0.970. The van der Waals surface area contributed by atoms with E-state index >= 15 is 0 Å². The van der Waals surface area contributed by atoms with Crippen LogP contribution in [0.4, 0.5) is 4.79 Å². The molecule has 2 aromatic carbocycles. The maximum atomic E-state index is 11.6. The van der Waals surface area contributed by atoms with Gasteiger partial charge < -0.3 is 10.2 Å². The number of benzene rings is 2. The van der Waals surface area contributed by atoms with Gasteiger partial charge in [-0.2, -0.15) is 0 Å². The predicted octanol–water partition coefficient (Wildman–Crippen LogP) is 4.38. The highest BCUT2D eigenvalue weighted by atomic mass is 16.4. The maximum Gasteiger partial charge on any atom is 0.408 e. The molecule has 0 fully saturated rings. The summed E-state index contributed by atoms with van der Waals surface area (Å²) < 4.78 is 0. The lowest BCUT2D eigenvalue weighted by Gasteiger charge is -2.38. The van der Waals surface area contributed by atoms with Crippen LogP contribution in [0.3, 0.4) is 0 Å². The van der Waals surface area contributed by atoms with Crippen LogP contribution in [-0.2, 0) is 0 Å². The molecule has 112 valence electrons. The standard InChI is InChI=1S/C17H21NO3/c1-11(18(16(20)21)17(2,3)4)13-9-12-7-5-6-8-14(12)15(19)10-13/h5-11,19H,1-4H3,(H,20,21). The lowest BCUT2D eigenvalue weighted by Crippen LogP contribution is -2.46. The molecule has 4 nitrogen and oxygen atoms in total. The number of phenols is 1. The number of aromatic hydroxyl groups is 1. The third-order valence-electron chi connectivity index (χ3n) is 3.66. The van der Waals surface area contributed by atoms with Crippen molar-refractivity contribution in [3.05, 3.63) is 42.0 Å². The number of hydrogen-bond donors (Lipinski definition) is 2. The van der Waals surface area contributed by atoms with Crippen molar-refractivity contribution >= 4 is 16.9 Å². The highest BCUT2D eigenvalue weighted by Gasteiger charge is 2.31. The molecule has 0 radical (unpaired) electrons. The zero-order valence-electron chi connectivity index (χ0n) is 12.8. The Balaban J connectivity index is 2.52. The first-order chi connectivity index (χ1) is 9.71. The number of carboxylic acid groups (broad SMARTS) is 1. The van der Waals surface area contributed by atoms with Crippen LogP contribution in [0, 0.1) is 0 Å². The van der Waals surface area contributed by atoms with E-state index in [1.165, 1.54) is 4.90 Å². The van der Waals surface area contributed by atoms with E-state index in [-0.39, 0.29) is 11.8 Å². The fourth-order valence-corrected chi connectivity index (χ4v) is 2.74. The largest absolute Gasteiger partial charge is 0.507 e. The van der Waals surface area contributed by atoms with Gasteiger partial charge in [-0.3, -0.25) is 4.90 Å². The SMILES string of the molecule is CC(c1cc(O)c2ccccc2c1)N(C(=O)O)C(C)(C)C. The molecule has 0 heterocycles. The summed E-state index contributed by atoms with van der Waals surface area (Å²) in [5.74, 6) is 0.175. The highest BCUT2D eigenvalue weighted by Crippen LogP contribution is 2.33. The van der Waals surface area contributed by atoms with Gasteiger partial charge in [0.2, 0.25) is 0 Å². The third kappa shape index (κ3) is 2.94. The molecule has 2 aromatic rings. The minimum absolute atomic E-state index is 0.175. The zero-order valence-corrected chi connectivity index (χ0v) is 12.8. The Bertz CT molecular complexity index is 673. The first kappa shape index (κ1) is 15.2. The molecule has 1 unspecified atom stereocenters. The fourth-order valence-electron chi connectivity index (χ4n) is 2.74. The smallest absolute Gasteiger partial charge is 0.408 e. The van der Waals surface area contributed by atoms with Gasteiger partial charge in [0.15, 0.2) is 0 Å². The molecule has 2 N–H and O–H groups in total. The van der Waals surface area contributed by atoms with E-state index in [0.717, 1.165) is 16.3 Å². The van der Waals surface area contributed by atoms with Crippen LogP contribution in [-0.4, -0.2) is 26.7 Å². The van der Waals surface area contributed by atoms with Crippen molar-refractivity contribution < 1.29 is 15.0 Å². The number of carbonyl (C=O) groups is 1. The van der Waals surface area contributed by atoms with Crippen molar-refractivity contribution in [3.8, 4) is 5.75 Å². The molecule has 1 amide bonds. The summed E-state index contributed by atoms with van der Waals surface area (Å²) in [4.78, 5) is 13.0. The van der Waals surface area contributed by atoms with Gasteiger partial charge >= 0.3 is 6.09 Å². The van der Waals surface area contributed by atoms with E-state index in [4.69, 9.17) is 0 Å². The Labute approximate surface area is 124 Å². The summed E-state index contributed by atoms with van der Waals surface area (Å²) in [7, 11) is 0. The molecule has 0 saturated carbocycles. The zero-order chi connectivity index (χ0) is 15.8. The summed E-state index contributed by atoms with van der Waals surface area (Å²) in [5, 5.41) is 21.3. The van der Waals surface area contributed by atoms with Crippen LogP contribution >= 0.6 is 0 Å². The van der Waals surface area contributed by atoms with Crippen LogP contribution in [0.1, 0.15) is 39.3 Å². The van der Waals surface area contributed by atoms with Crippen molar-refractivity contribution in [2.75, 3.05) is 0 Å². The second-order valence-corrected chi connectivity index (χ2v) is 6.26. The number of nitrogens with zero attached hydrogens (tertiary/aromatic N) is 1. The second-order valence-electron chi connectivity index (χ2n) is 6.26. The molecule has 0 aromatic heterocycles. The predicted molar refractivity (Wildman–Crippen MR) is 83.6 cm³/mol. The Hall–Kier alpha value is -2.23. The first-order valence-electron chi connectivity index (χ1n) is 6.95. The van der Waals surface area contributed by atoms with Crippen molar-refractivity contribution in [3.63, 3.8) is 0 Å². The van der Waals surface area contributed by atoms with Crippen molar-refractivity contribution in [1.82, 2.24) is 4.90 Å². The summed E-state index contributed by atoms with van der Waals surface area (Å²) in [6.45, 7) is 7.42. The second kappa shape index (κ2) is 5.28. The lowest BCUT2D eigenvalue weighted by molar-refractivity contribution is 0.0752. The Morgan fingerprint density at radius 1 is 1.19 bits per heavy atom. The number of phenolic OH excluding ortho intramolecular Hbond substituents is 1. The Morgan fingerprint density at radius 2 is 1.81 bits per heavy atom. The molecule has 0 aliphatic carbocycles. The quantitative estimate of drug-likeness (QED) is 0.861. The summed E-state index contributed by atoms with van der Waals surface area (Å²) in [5.41, 5.74) is 0.260. The van der Waals surface area contributed by atoms with Gasteiger partial charge in [-0.25, -0.2) is 4.79 Å². The Morgan fingerprint density at radius 3 is 2.38 bits per heavy atom. The van der Waals surface area contributed by atoms with E-state index in [1.54, 1.807) is 6.07 Å². The topological polar surface area (TPSA) is 60.8 Å². The summed E-state index contributed by atoms with van der Waals surface area (Å²) >= 11 is 0. The molecule has 0 spiro atoms. The van der Waals surface area contributed by atoms with Crippen molar-refractivity contribution in [2.24, 2.45) is 0 Å². The molecular weight excluding hydrogens is 266 g/mol. The van der Waals surface area contributed by atoms with Gasteiger partial charge in [0.1, 0.15) is 5.75 Å². The van der Waals surface area contributed by atoms with E-state index in [0.29, 0.717) is 0 Å². The molecular formula is C17H21NO3. The highest BCUT2D eigenvalue weighted by molar-refractivity contribution is 5.88. The molecule has 1 atom stereocenters. The van der Waals surface area contributed by atoms with Crippen LogP contribution in [0.5, 0.6) is 5.75 Å². The van der Waals surface area contributed by atoms with E-state index < -0.39 is 11.6 Å². The van der Waals surface area contributed by atoms with Gasteiger partial charge in [0.25, 0.3) is 0 Å². The van der Waals surface area contributed by atoms with Gasteiger partial charge in [0.05, 0.1) is 6.04 Å². The third-order valence-corrected chi connectivity index (χ3v) is 3.66. The number of hydrogen-bond acceptors (Lipinski definition) is 2. The van der Waals surface area contributed by atoms with Gasteiger partial charge in [-0.05, 0) is 50.8 Å². The van der Waals surface area contributed by atoms with E-state index in [9.17, 15) is 15.0 Å². The molecule has 0 aliphatic heterocycles. The van der Waals surface area contributed by atoms with Crippen LogP contribution in [0.15, 0.2) is 36.4 Å². The molecule has 0 saturated heterocycles. The number of rotatable bonds is 2. The number of amides is 1. The minimum Gasteiger partial charge on any atom is -0.507 e. The molecule has 4 heteroatoms. The van der Waals surface area contributed by atoms with Crippen LogP contribution in [0.2, 0.25) is 0 Å². The Kier molecular flexibility index (Phi) is 3.81. The monoisotopic (exact) mass is 287 g/mol. The molecule has 2 rings (SSSR count). The van der Waals surface area contributed by atoms with E-state index in [2.05, 4.69) is 0 Å². The van der Waals surface area contributed by atoms with Gasteiger partial charge in [0, 0.05) is 10.9 Å². The molecule has 0 bridgehead atoms. The molecule has 21 heavy (non-hydrogen) atoms. The molecule has 0 aliphatic rings. The van der Waals surface area contributed by atoms with E-state index in [1.807, 2.05) is 58.0 Å². The average Bonchev–Trinajstić information content (AvgIpc) is 2.36. The maximum absolute atomic E-state index is 11.6. The lowest BCUT2D eigenvalue weighted by atomic mass is 9.97. The first-order valence-corrected chi connectivity index (χ1v) is 6.95. The van der Waals surface area contributed by atoms with Crippen LogP contribution in [0.25, 0.3) is 10.8 Å². The van der Waals surface area contributed by atoms with Gasteiger partial charge in [-0.15, -0.1) is 0 Å². The summed E-state index contributed by atoms with van der Waals surface area (Å²) in [6.07, 6.45) is -0.970. The van der Waals surface area contributed by atoms with Crippen molar-refractivity contribution in [2.45, 2.75) is 39.3 Å². The number of fused-ring (bicyclic) bond motifs is 1. The van der Waals surface area contributed by atoms with Crippen molar-refractivity contribution in [1.29, 1.82) is 0 Å². The fraction of sp³-hybridized carbons (Fsp3) is 0.353. The summed E-state index contributed by atoms with van der Waals surface area (Å²) in [6, 6.07) is 10.7. The average molecular weight is 287 g/mol.